The quantitative estimate of drug-likeness (QED) is 0.208. The minimum Gasteiger partial charge on any atom is -0.493 e. The number of halogens is 1. The van der Waals surface area contributed by atoms with Gasteiger partial charge in [0.05, 0.1) is 36.1 Å². The summed E-state index contributed by atoms with van der Waals surface area (Å²) >= 11 is 1.75. The van der Waals surface area contributed by atoms with Crippen molar-refractivity contribution >= 4 is 23.4 Å². The average molecular weight is 653 g/mol. The van der Waals surface area contributed by atoms with Crippen LogP contribution in [0.2, 0.25) is 0 Å². The number of aliphatic hydroxyl groups is 1. The van der Waals surface area contributed by atoms with E-state index in [2.05, 4.69) is 37.1 Å². The van der Waals surface area contributed by atoms with E-state index >= 15 is 0 Å². The highest BCUT2D eigenvalue weighted by atomic mass is 32.2. The van der Waals surface area contributed by atoms with Gasteiger partial charge in [-0.2, -0.15) is 11.8 Å². The van der Waals surface area contributed by atoms with E-state index < -0.39 is 5.60 Å². The first-order valence-electron chi connectivity index (χ1n) is 16.2. The van der Waals surface area contributed by atoms with Crippen molar-refractivity contribution in [2.24, 2.45) is 5.41 Å². The molecule has 1 aromatic heterocycles. The van der Waals surface area contributed by atoms with E-state index in [1.54, 1.807) is 44.7 Å². The van der Waals surface area contributed by atoms with Crippen molar-refractivity contribution in [3.05, 3.63) is 76.9 Å². The Labute approximate surface area is 280 Å². The van der Waals surface area contributed by atoms with E-state index in [1.807, 2.05) is 32.9 Å². The van der Waals surface area contributed by atoms with Crippen molar-refractivity contribution < 1.29 is 23.8 Å². The summed E-state index contributed by atoms with van der Waals surface area (Å²) in [5, 5.41) is 8.52. The van der Waals surface area contributed by atoms with Crippen LogP contribution in [-0.2, 0) is 28.1 Å². The van der Waals surface area contributed by atoms with E-state index in [-0.39, 0.29) is 24.3 Å². The number of rotatable bonds is 11. The molecule has 46 heavy (non-hydrogen) atoms. The van der Waals surface area contributed by atoms with Crippen LogP contribution in [0.4, 0.5) is 10.1 Å². The SMILES string of the molecule is CC(C)(C)O.CSCc1nc(C)c(CC(=O)OC(C)C)c(N2CCC(C)(C)CC2)c1-c1ccc(OCCc2ccc(F)cc2)cc1. The molecule has 1 aliphatic heterocycles. The maximum Gasteiger partial charge on any atom is 0.310 e. The third-order valence-electron chi connectivity index (χ3n) is 7.67. The van der Waals surface area contributed by atoms with Crippen LogP contribution < -0.4 is 9.64 Å². The summed E-state index contributed by atoms with van der Waals surface area (Å²) in [5.74, 6) is 1.10. The summed E-state index contributed by atoms with van der Waals surface area (Å²) < 4.78 is 24.8. The number of ether oxygens (including phenoxy) is 2. The Morgan fingerprint density at radius 2 is 1.65 bits per heavy atom. The van der Waals surface area contributed by atoms with Gasteiger partial charge in [0, 0.05) is 42.1 Å². The van der Waals surface area contributed by atoms with Crippen molar-refractivity contribution in [1.29, 1.82) is 0 Å². The Morgan fingerprint density at radius 3 is 2.20 bits per heavy atom. The first-order valence-corrected chi connectivity index (χ1v) is 17.6. The standard InChI is InChI=1S/C34H43FN2O3S.C4H10O/c1-23(2)40-31(38)21-29-24(3)36-30(22-41-6)32(33(29)37-18-16-34(4,5)17-19-37)26-9-13-28(14-10-26)39-20-15-25-7-11-27(35)12-8-25;1-4(2,3)5/h7-14,23H,15-22H2,1-6H3;5H,1-3H3. The molecule has 0 atom stereocenters. The van der Waals surface area contributed by atoms with Gasteiger partial charge in [-0.05, 0) is 101 Å². The van der Waals surface area contributed by atoms with Gasteiger partial charge < -0.3 is 19.5 Å². The van der Waals surface area contributed by atoms with E-state index in [0.717, 1.165) is 76.8 Å². The Kier molecular flexibility index (Phi) is 13.5. The zero-order valence-electron chi connectivity index (χ0n) is 29.2. The molecule has 6 nitrogen and oxygen atoms in total. The maximum absolute atomic E-state index is 13.2. The number of hydrogen-bond donors (Lipinski definition) is 1. The zero-order chi connectivity index (χ0) is 34.1. The fraction of sp³-hybridized carbons (Fsp3) is 0.526. The van der Waals surface area contributed by atoms with Crippen molar-refractivity contribution in [3.63, 3.8) is 0 Å². The summed E-state index contributed by atoms with van der Waals surface area (Å²) in [4.78, 5) is 20.4. The molecule has 0 unspecified atom stereocenters. The second-order valence-corrected chi connectivity index (χ2v) is 14.9. The van der Waals surface area contributed by atoms with Crippen LogP contribution in [0.5, 0.6) is 5.75 Å². The second kappa shape index (κ2) is 16.6. The molecule has 4 rings (SSSR count). The van der Waals surface area contributed by atoms with E-state index in [0.29, 0.717) is 18.4 Å². The van der Waals surface area contributed by atoms with Crippen LogP contribution in [0, 0.1) is 18.2 Å². The van der Waals surface area contributed by atoms with Gasteiger partial charge in [0.15, 0.2) is 0 Å². The predicted molar refractivity (Wildman–Crippen MR) is 189 cm³/mol. The second-order valence-electron chi connectivity index (χ2n) is 14.1. The number of piperidine rings is 1. The van der Waals surface area contributed by atoms with Gasteiger partial charge in [-0.3, -0.25) is 9.78 Å². The van der Waals surface area contributed by atoms with Crippen LogP contribution in [0.15, 0.2) is 48.5 Å². The van der Waals surface area contributed by atoms with E-state index in [9.17, 15) is 9.18 Å². The minimum absolute atomic E-state index is 0.166. The van der Waals surface area contributed by atoms with Crippen LogP contribution in [0.25, 0.3) is 11.1 Å². The highest BCUT2D eigenvalue weighted by molar-refractivity contribution is 7.97. The first kappa shape index (κ1) is 37.4. The van der Waals surface area contributed by atoms with Gasteiger partial charge in [-0.1, -0.05) is 38.1 Å². The fourth-order valence-electron chi connectivity index (χ4n) is 5.33. The van der Waals surface area contributed by atoms with Gasteiger partial charge in [0.1, 0.15) is 11.6 Å². The molecule has 1 saturated heterocycles. The van der Waals surface area contributed by atoms with Crippen molar-refractivity contribution in [1.82, 2.24) is 4.98 Å². The number of carbonyl (C=O) groups is 1. The number of anilines is 1. The number of aromatic nitrogens is 1. The molecule has 2 aromatic carbocycles. The number of aryl methyl sites for hydroxylation is 1. The number of hydrogen-bond acceptors (Lipinski definition) is 7. The lowest BCUT2D eigenvalue weighted by Crippen LogP contribution is -2.38. The molecule has 252 valence electrons. The molecule has 0 amide bonds. The smallest absolute Gasteiger partial charge is 0.310 e. The molecule has 1 fully saturated rings. The largest absolute Gasteiger partial charge is 0.493 e. The van der Waals surface area contributed by atoms with Crippen LogP contribution in [0.3, 0.4) is 0 Å². The lowest BCUT2D eigenvalue weighted by molar-refractivity contribution is -0.146. The maximum atomic E-state index is 13.2. The molecule has 0 aliphatic carbocycles. The van der Waals surface area contributed by atoms with Gasteiger partial charge in [-0.25, -0.2) is 4.39 Å². The van der Waals surface area contributed by atoms with Crippen LogP contribution >= 0.6 is 11.8 Å². The highest BCUT2D eigenvalue weighted by Gasteiger charge is 2.31. The van der Waals surface area contributed by atoms with Crippen LogP contribution in [0.1, 0.15) is 83.8 Å². The Morgan fingerprint density at radius 1 is 1.07 bits per heavy atom. The Bertz CT molecular complexity index is 1400. The third kappa shape index (κ3) is 11.9. The summed E-state index contributed by atoms with van der Waals surface area (Å²) in [6.07, 6.45) is 5.00. The van der Waals surface area contributed by atoms with Crippen molar-refractivity contribution in [2.75, 3.05) is 30.9 Å². The minimum atomic E-state index is -0.500. The number of benzene rings is 2. The molecule has 3 aromatic rings. The Balaban J connectivity index is 0.00000107. The molecule has 0 radical (unpaired) electrons. The number of carbonyl (C=O) groups excluding carboxylic acids is 1. The van der Waals surface area contributed by atoms with Gasteiger partial charge in [-0.15, -0.1) is 0 Å². The highest BCUT2D eigenvalue weighted by Crippen LogP contribution is 2.42. The monoisotopic (exact) mass is 652 g/mol. The van der Waals surface area contributed by atoms with Crippen LogP contribution in [-0.4, -0.2) is 53.7 Å². The first-order chi connectivity index (χ1) is 21.6. The number of thioether (sulfide) groups is 1. The normalized spacial score (nSPS) is 14.5. The lowest BCUT2D eigenvalue weighted by atomic mass is 9.82. The third-order valence-corrected chi connectivity index (χ3v) is 8.23. The topological polar surface area (TPSA) is 71.9 Å². The fourth-order valence-corrected chi connectivity index (χ4v) is 5.81. The molecule has 2 heterocycles. The predicted octanol–water partition coefficient (Wildman–Crippen LogP) is 8.58. The molecular weight excluding hydrogens is 599 g/mol. The number of esters is 1. The lowest BCUT2D eigenvalue weighted by Gasteiger charge is -2.40. The molecule has 0 spiro atoms. The molecule has 1 N–H and O–H groups in total. The Hall–Kier alpha value is -3.10. The van der Waals surface area contributed by atoms with E-state index in [1.165, 1.54) is 12.1 Å². The summed E-state index contributed by atoms with van der Waals surface area (Å²) in [5.41, 5.74) is 6.97. The van der Waals surface area contributed by atoms with Crippen molar-refractivity contribution in [2.45, 2.75) is 98.5 Å². The summed E-state index contributed by atoms with van der Waals surface area (Å²) in [6, 6.07) is 14.7. The summed E-state index contributed by atoms with van der Waals surface area (Å²) in [6.45, 7) is 18.0. The molecule has 0 saturated carbocycles. The summed E-state index contributed by atoms with van der Waals surface area (Å²) in [7, 11) is 0. The average Bonchev–Trinajstić information content (AvgIpc) is 2.95. The zero-order valence-corrected chi connectivity index (χ0v) is 30.0. The molecular formula is C38H53FN2O4S. The van der Waals surface area contributed by atoms with E-state index in [4.69, 9.17) is 19.6 Å². The molecule has 0 bridgehead atoms. The van der Waals surface area contributed by atoms with Crippen molar-refractivity contribution in [3.8, 4) is 16.9 Å². The molecule has 8 heteroatoms. The number of pyridine rings is 1. The van der Waals surface area contributed by atoms with Gasteiger partial charge in [0.2, 0.25) is 0 Å². The van der Waals surface area contributed by atoms with Gasteiger partial charge >= 0.3 is 5.97 Å². The number of nitrogens with zero attached hydrogens (tertiary/aromatic N) is 2. The molecule has 1 aliphatic rings. The van der Waals surface area contributed by atoms with Gasteiger partial charge in [0.25, 0.3) is 0 Å².